The van der Waals surface area contributed by atoms with Crippen LogP contribution in [0.15, 0.2) is 35.7 Å². The number of ether oxygens (including phenoxy) is 1. The van der Waals surface area contributed by atoms with E-state index in [2.05, 4.69) is 0 Å². The van der Waals surface area contributed by atoms with Crippen LogP contribution in [0.25, 0.3) is 0 Å². The van der Waals surface area contributed by atoms with Gasteiger partial charge >= 0.3 is 16.4 Å². The second-order valence-electron chi connectivity index (χ2n) is 5.38. The van der Waals surface area contributed by atoms with E-state index in [1.165, 1.54) is 4.88 Å². The molecule has 2 N–H and O–H groups in total. The first-order valence-electron chi connectivity index (χ1n) is 8.81. The van der Waals surface area contributed by atoms with Crippen LogP contribution in [0.2, 0.25) is 5.02 Å². The summed E-state index contributed by atoms with van der Waals surface area (Å²) >= 11 is 7.96. The Balaban J connectivity index is 0.000000537. The van der Waals surface area contributed by atoms with Gasteiger partial charge in [-0.05, 0) is 35.1 Å². The van der Waals surface area contributed by atoms with Crippen LogP contribution in [0.1, 0.15) is 26.2 Å². The molecule has 0 saturated carbocycles. The third kappa shape index (κ3) is 5.76. The number of carbonyl (C=O) groups is 1. The molecule has 1 aliphatic rings. The highest BCUT2D eigenvalue weighted by atomic mass is 35.5. The van der Waals surface area contributed by atoms with Gasteiger partial charge in [-0.25, -0.2) is 4.79 Å². The van der Waals surface area contributed by atoms with Crippen molar-refractivity contribution in [2.75, 3.05) is 13.6 Å². The number of nitrogens with zero attached hydrogens (tertiary/aromatic N) is 1. The number of methoxy groups -OCH3 is 1. The van der Waals surface area contributed by atoms with Gasteiger partial charge in [0.25, 0.3) is 0 Å². The number of halogens is 1. The second-order valence-corrected chi connectivity index (χ2v) is 7.69. The number of rotatable bonds is 3. The number of esters is 1. The topological polar surface area (TPSA) is 104 Å². The Labute approximate surface area is 165 Å². The molecular formula is C16H18ClNO6S2. The van der Waals surface area contributed by atoms with E-state index in [4.69, 9.17) is 38.0 Å². The molecule has 0 bridgehead atoms. The van der Waals surface area contributed by atoms with Gasteiger partial charge in [0.15, 0.2) is 0 Å². The molecule has 2 heterocycles. The molecule has 26 heavy (non-hydrogen) atoms. The summed E-state index contributed by atoms with van der Waals surface area (Å²) in [7, 11) is -7.44. The highest BCUT2D eigenvalue weighted by Gasteiger charge is 2.32. The fourth-order valence-electron chi connectivity index (χ4n) is 2.72. The molecule has 1 aliphatic heterocycles. The van der Waals surface area contributed by atoms with Crippen molar-refractivity contribution >= 4 is 39.3 Å². The summed E-state index contributed by atoms with van der Waals surface area (Å²) in [6.07, 6.45) is 0.814. The van der Waals surface area contributed by atoms with E-state index in [0.717, 1.165) is 12.0 Å². The van der Waals surface area contributed by atoms with E-state index >= 15 is 0 Å². The molecule has 10 heteroatoms. The SMILES string of the molecule is O=S(=O)(O)O.[2H][13C]([2H])([2H])OC(=O)C(c1ccccc1Cl)N1CCc2sccc2C1. The maximum Gasteiger partial charge on any atom is 0.394 e. The third-order valence-corrected chi connectivity index (χ3v) is 5.09. The predicted octanol–water partition coefficient (Wildman–Crippen LogP) is 3.02. The zero-order valence-electron chi connectivity index (χ0n) is 16.3. The average Bonchev–Trinajstić information content (AvgIpc) is 3.01. The van der Waals surface area contributed by atoms with Crippen molar-refractivity contribution in [1.82, 2.24) is 4.90 Å². The van der Waals surface area contributed by atoms with E-state index in [9.17, 15) is 4.79 Å². The summed E-state index contributed by atoms with van der Waals surface area (Å²) < 4.78 is 57.9. The van der Waals surface area contributed by atoms with Crippen molar-refractivity contribution in [3.8, 4) is 0 Å². The maximum atomic E-state index is 12.6. The van der Waals surface area contributed by atoms with Gasteiger partial charge in [0.05, 0.1) is 11.2 Å². The molecule has 0 fully saturated rings. The van der Waals surface area contributed by atoms with Crippen molar-refractivity contribution in [2.45, 2.75) is 19.0 Å². The van der Waals surface area contributed by atoms with Crippen LogP contribution in [-0.2, 0) is 32.9 Å². The highest BCUT2D eigenvalue weighted by Crippen LogP contribution is 2.33. The minimum atomic E-state index is -4.67. The number of carbonyl (C=O) groups excluding carboxylic acids is 1. The number of thiophene rings is 1. The van der Waals surface area contributed by atoms with Crippen molar-refractivity contribution in [2.24, 2.45) is 0 Å². The fraction of sp³-hybridized carbons (Fsp3) is 0.312. The van der Waals surface area contributed by atoms with Gasteiger partial charge in [0.2, 0.25) is 0 Å². The van der Waals surface area contributed by atoms with Crippen LogP contribution in [0.4, 0.5) is 0 Å². The number of fused-ring (bicyclic) bond motifs is 1. The first-order valence-corrected chi connectivity index (χ1v) is 9.97. The first kappa shape index (κ1) is 16.7. The second kappa shape index (κ2) is 8.94. The summed E-state index contributed by atoms with van der Waals surface area (Å²) in [6.45, 7) is 1.20. The van der Waals surface area contributed by atoms with Gasteiger partial charge in [0, 0.05) is 23.0 Å². The monoisotopic (exact) mass is 423 g/mol. The minimum Gasteiger partial charge on any atom is -0.468 e. The lowest BCUT2D eigenvalue weighted by molar-refractivity contribution is -0.147. The number of hydrogen-bond donors (Lipinski definition) is 2. The van der Waals surface area contributed by atoms with Crippen LogP contribution in [0.5, 0.6) is 0 Å². The van der Waals surface area contributed by atoms with Crippen molar-refractivity contribution < 1.29 is 31.2 Å². The fourth-order valence-corrected chi connectivity index (χ4v) is 3.84. The molecule has 1 aromatic carbocycles. The Morgan fingerprint density at radius 2 is 2.08 bits per heavy atom. The van der Waals surface area contributed by atoms with E-state index in [0.29, 0.717) is 23.7 Å². The quantitative estimate of drug-likeness (QED) is 0.444. The van der Waals surface area contributed by atoms with Crippen molar-refractivity contribution in [3.05, 3.63) is 56.7 Å². The van der Waals surface area contributed by atoms with E-state index in [-0.39, 0.29) is 0 Å². The molecule has 1 atom stereocenters. The van der Waals surface area contributed by atoms with Gasteiger partial charge in [-0.15, -0.1) is 11.3 Å². The molecule has 0 radical (unpaired) electrons. The van der Waals surface area contributed by atoms with Gasteiger partial charge < -0.3 is 4.74 Å². The Hall–Kier alpha value is -1.49. The van der Waals surface area contributed by atoms with Crippen LogP contribution in [0.3, 0.4) is 0 Å². The average molecular weight is 424 g/mol. The Bertz CT molecular complexity index is 956. The zero-order chi connectivity index (χ0) is 21.8. The lowest BCUT2D eigenvalue weighted by Crippen LogP contribution is -2.38. The number of hydrogen-bond acceptors (Lipinski definition) is 6. The smallest absolute Gasteiger partial charge is 0.394 e. The molecule has 3 rings (SSSR count). The molecule has 0 saturated heterocycles. The largest absolute Gasteiger partial charge is 0.468 e. The standard InChI is InChI=1S/C16H16ClNO2S.H2O4S/c1-20-16(19)15(12-4-2-3-5-13(12)17)18-8-6-14-11(10-18)7-9-21-14;1-5(2,3)4/h2-5,7,9,15H,6,8,10H2,1H3;(H2,1,2,3,4)/i1+1D3;. The summed E-state index contributed by atoms with van der Waals surface area (Å²) in [5, 5.41) is 2.44. The zero-order valence-corrected chi connectivity index (χ0v) is 15.7. The summed E-state index contributed by atoms with van der Waals surface area (Å²) in [5.41, 5.74) is 1.72. The lowest BCUT2D eigenvalue weighted by Gasteiger charge is -2.33. The Morgan fingerprint density at radius 3 is 2.73 bits per heavy atom. The highest BCUT2D eigenvalue weighted by molar-refractivity contribution is 7.79. The van der Waals surface area contributed by atoms with Gasteiger partial charge in [-0.2, -0.15) is 8.42 Å². The molecule has 2 aromatic rings. The summed E-state index contributed by atoms with van der Waals surface area (Å²) in [6, 6.07) is 8.16. The van der Waals surface area contributed by atoms with Gasteiger partial charge in [-0.1, -0.05) is 29.8 Å². The summed E-state index contributed by atoms with van der Waals surface area (Å²) in [4.78, 5) is 15.8. The number of benzene rings is 1. The Morgan fingerprint density at radius 1 is 1.38 bits per heavy atom. The van der Waals surface area contributed by atoms with Crippen molar-refractivity contribution in [1.29, 1.82) is 0 Å². The molecule has 7 nitrogen and oxygen atoms in total. The molecule has 0 amide bonds. The predicted molar refractivity (Wildman–Crippen MR) is 98.8 cm³/mol. The molecule has 0 aliphatic carbocycles. The Kier molecular flexibility index (Phi) is 5.73. The van der Waals surface area contributed by atoms with E-state index in [1.807, 2.05) is 16.3 Å². The molecule has 142 valence electrons. The molecular weight excluding hydrogens is 403 g/mol. The van der Waals surface area contributed by atoms with E-state index in [1.54, 1.807) is 35.6 Å². The van der Waals surface area contributed by atoms with E-state index < -0.39 is 29.4 Å². The normalized spacial score (nSPS) is 17.6. The molecule has 0 spiro atoms. The van der Waals surface area contributed by atoms with Crippen LogP contribution >= 0.6 is 22.9 Å². The van der Waals surface area contributed by atoms with Gasteiger partial charge in [-0.3, -0.25) is 14.0 Å². The van der Waals surface area contributed by atoms with Crippen LogP contribution in [-0.4, -0.2) is 42.0 Å². The first-order chi connectivity index (χ1) is 13.3. The molecule has 1 unspecified atom stereocenters. The third-order valence-electron chi connectivity index (χ3n) is 3.73. The summed E-state index contributed by atoms with van der Waals surface area (Å²) in [5.74, 6) is -0.804. The lowest BCUT2D eigenvalue weighted by atomic mass is 10.0. The maximum absolute atomic E-state index is 12.6. The van der Waals surface area contributed by atoms with Crippen LogP contribution in [0, 0.1) is 0 Å². The molecule has 1 aromatic heterocycles. The van der Waals surface area contributed by atoms with Crippen LogP contribution < -0.4 is 0 Å². The van der Waals surface area contributed by atoms with Gasteiger partial charge in [0.1, 0.15) is 6.04 Å². The minimum absolute atomic E-state index is 0.418. The van der Waals surface area contributed by atoms with Crippen molar-refractivity contribution in [3.63, 3.8) is 0 Å².